The van der Waals surface area contributed by atoms with Crippen LogP contribution in [0, 0.1) is 0 Å². The van der Waals surface area contributed by atoms with Crippen LogP contribution in [0.25, 0.3) is 0 Å². The quantitative estimate of drug-likeness (QED) is 0.560. The molecule has 0 spiro atoms. The Morgan fingerprint density at radius 3 is 2.27 bits per heavy atom. The summed E-state index contributed by atoms with van der Waals surface area (Å²) in [5, 5.41) is 8.24. The number of aliphatic imine (C=N–C) groups is 1. The van der Waals surface area contributed by atoms with Gasteiger partial charge >= 0.3 is 12.1 Å². The van der Waals surface area contributed by atoms with Crippen molar-refractivity contribution in [2.24, 2.45) is 4.99 Å². The van der Waals surface area contributed by atoms with Crippen LogP contribution in [0.5, 0.6) is 0 Å². The number of aliphatic carboxylic acids is 1. The van der Waals surface area contributed by atoms with Gasteiger partial charge in [0.25, 0.3) is 0 Å². The smallest absolute Gasteiger partial charge is 0.434 e. The van der Waals surface area contributed by atoms with Gasteiger partial charge in [0.2, 0.25) is 0 Å². The van der Waals surface area contributed by atoms with Gasteiger partial charge in [-0.1, -0.05) is 0 Å². The number of ketones is 1. The molecule has 6 nitrogen and oxygen atoms in total. The maximum atomic E-state index is 10.9. The lowest BCUT2D eigenvalue weighted by molar-refractivity contribution is -0.138. The number of amides is 1. The van der Waals surface area contributed by atoms with Crippen LogP contribution in [0.4, 0.5) is 4.79 Å². The van der Waals surface area contributed by atoms with E-state index in [1.165, 1.54) is 0 Å². The fraction of sp³-hybridized carbons (Fsp3) is 0.556. The molecule has 0 bridgehead atoms. The molecule has 0 heterocycles. The molecule has 15 heavy (non-hydrogen) atoms. The Balaban J connectivity index is 4.12. The van der Waals surface area contributed by atoms with E-state index < -0.39 is 29.9 Å². The zero-order chi connectivity index (χ0) is 12.1. The van der Waals surface area contributed by atoms with Gasteiger partial charge in [-0.15, -0.1) is 0 Å². The van der Waals surface area contributed by atoms with Gasteiger partial charge in [-0.25, -0.2) is 4.79 Å². The van der Waals surface area contributed by atoms with Crippen molar-refractivity contribution in [3.05, 3.63) is 0 Å². The van der Waals surface area contributed by atoms with E-state index >= 15 is 0 Å². The van der Waals surface area contributed by atoms with Crippen molar-refractivity contribution in [2.75, 3.05) is 0 Å². The van der Waals surface area contributed by atoms with Crippen molar-refractivity contribution in [3.63, 3.8) is 0 Å². The Morgan fingerprint density at radius 2 is 1.87 bits per heavy atom. The number of rotatable bonds is 3. The molecular weight excluding hydrogens is 202 g/mol. The molecule has 1 N–H and O–H groups in total. The normalized spacial score (nSPS) is 11.4. The van der Waals surface area contributed by atoms with Crippen molar-refractivity contribution in [3.8, 4) is 0 Å². The van der Waals surface area contributed by atoms with E-state index in [-0.39, 0.29) is 0 Å². The molecule has 0 fully saturated rings. The minimum Gasteiger partial charge on any atom is -0.481 e. The molecule has 0 saturated heterocycles. The third-order valence-corrected chi connectivity index (χ3v) is 1.03. The van der Waals surface area contributed by atoms with Crippen LogP contribution in [0.15, 0.2) is 4.99 Å². The van der Waals surface area contributed by atoms with Crippen molar-refractivity contribution >= 4 is 24.1 Å². The maximum Gasteiger partial charge on any atom is 0.434 e. The Labute approximate surface area is 86.9 Å². The third-order valence-electron chi connectivity index (χ3n) is 1.03. The topological polar surface area (TPSA) is 93.0 Å². The Kier molecular flexibility index (Phi) is 4.63. The Morgan fingerprint density at radius 1 is 1.33 bits per heavy atom. The monoisotopic (exact) mass is 215 g/mol. The minimum atomic E-state index is -1.27. The number of hydrogen-bond acceptors (Lipinski definition) is 4. The highest BCUT2D eigenvalue weighted by atomic mass is 16.6. The van der Waals surface area contributed by atoms with Crippen LogP contribution in [-0.4, -0.2) is 34.8 Å². The molecule has 0 saturated carbocycles. The first-order chi connectivity index (χ1) is 6.70. The van der Waals surface area contributed by atoms with Crippen LogP contribution in [0.2, 0.25) is 0 Å². The number of nitrogens with zero attached hydrogens (tertiary/aromatic N) is 1. The summed E-state index contributed by atoms with van der Waals surface area (Å²) in [5.41, 5.74) is -0.690. The number of carbonyl (C=O) groups excluding carboxylic acids is 2. The second-order valence-corrected chi connectivity index (χ2v) is 3.78. The van der Waals surface area contributed by atoms with Gasteiger partial charge in [0.1, 0.15) is 12.0 Å². The summed E-state index contributed by atoms with van der Waals surface area (Å²) < 4.78 is 4.76. The Hall–Kier alpha value is -1.72. The lowest BCUT2D eigenvalue weighted by Gasteiger charge is -2.16. The average Bonchev–Trinajstić information content (AvgIpc) is 1.96. The first-order valence-corrected chi connectivity index (χ1v) is 4.22. The molecule has 0 aromatic rings. The molecule has 0 atom stereocenters. The van der Waals surface area contributed by atoms with Crippen molar-refractivity contribution < 1.29 is 24.2 Å². The first kappa shape index (κ1) is 13.3. The number of carboxylic acids is 1. The standard InChI is InChI=1S/C9H13NO5/c1-9(2,3)15-8(14)10-5-6(11)4-7(12)13/h5H,4H2,1-3H3,(H,12,13). The summed E-state index contributed by atoms with van der Waals surface area (Å²) in [6.07, 6.45) is -0.949. The highest BCUT2D eigenvalue weighted by Crippen LogP contribution is 2.07. The largest absolute Gasteiger partial charge is 0.481 e. The van der Waals surface area contributed by atoms with E-state index in [1.54, 1.807) is 20.8 Å². The van der Waals surface area contributed by atoms with Crippen LogP contribution in [0.3, 0.4) is 0 Å². The van der Waals surface area contributed by atoms with Gasteiger partial charge in [0, 0.05) is 0 Å². The van der Waals surface area contributed by atoms with Crippen LogP contribution < -0.4 is 0 Å². The highest BCUT2D eigenvalue weighted by Gasteiger charge is 2.15. The number of Topliss-reactive ketones (excluding diaryl/α,β-unsaturated/α-hetero) is 1. The molecule has 0 aromatic carbocycles. The summed E-state index contributed by atoms with van der Waals surface area (Å²) in [5.74, 6) is -2.02. The first-order valence-electron chi connectivity index (χ1n) is 4.22. The van der Waals surface area contributed by atoms with Gasteiger partial charge in [0.15, 0.2) is 5.78 Å². The fourth-order valence-corrected chi connectivity index (χ4v) is 0.608. The number of carbonyl (C=O) groups is 3. The number of carboxylic acid groups (broad SMARTS) is 1. The highest BCUT2D eigenvalue weighted by molar-refractivity contribution is 6.32. The lowest BCUT2D eigenvalue weighted by Crippen LogP contribution is -2.22. The molecule has 0 aliphatic heterocycles. The molecule has 0 aliphatic rings. The number of hydrogen-bond donors (Lipinski definition) is 1. The Bertz CT molecular complexity index is 300. The SMILES string of the molecule is CC(C)(C)OC(=O)N=CC(=O)CC(=O)O. The molecule has 0 aliphatic carbocycles. The van der Waals surface area contributed by atoms with Crippen LogP contribution >= 0.6 is 0 Å². The van der Waals surface area contributed by atoms with Gasteiger partial charge in [-0.05, 0) is 20.8 Å². The molecule has 0 rings (SSSR count). The van der Waals surface area contributed by atoms with Crippen molar-refractivity contribution in [2.45, 2.75) is 32.8 Å². The van der Waals surface area contributed by atoms with E-state index in [4.69, 9.17) is 9.84 Å². The average molecular weight is 215 g/mol. The van der Waals surface area contributed by atoms with E-state index in [9.17, 15) is 14.4 Å². The summed E-state index contributed by atoms with van der Waals surface area (Å²) in [6, 6.07) is 0. The second kappa shape index (κ2) is 5.23. The van der Waals surface area contributed by atoms with E-state index in [0.717, 1.165) is 0 Å². The zero-order valence-corrected chi connectivity index (χ0v) is 8.81. The minimum absolute atomic E-state index is 0.655. The van der Waals surface area contributed by atoms with E-state index in [2.05, 4.69) is 4.99 Å². The molecule has 0 aromatic heterocycles. The molecule has 84 valence electrons. The second-order valence-electron chi connectivity index (χ2n) is 3.78. The fourth-order valence-electron chi connectivity index (χ4n) is 0.608. The van der Waals surface area contributed by atoms with E-state index in [0.29, 0.717) is 6.21 Å². The van der Waals surface area contributed by atoms with Crippen LogP contribution in [-0.2, 0) is 14.3 Å². The summed E-state index contributed by atoms with van der Waals surface area (Å²) in [4.78, 5) is 35.0. The van der Waals surface area contributed by atoms with Gasteiger partial charge in [0.05, 0.1) is 6.21 Å². The van der Waals surface area contributed by atoms with Crippen LogP contribution in [0.1, 0.15) is 27.2 Å². The summed E-state index contributed by atoms with van der Waals surface area (Å²) in [7, 11) is 0. The van der Waals surface area contributed by atoms with Gasteiger partial charge in [-0.2, -0.15) is 4.99 Å². The lowest BCUT2D eigenvalue weighted by atomic mass is 10.2. The van der Waals surface area contributed by atoms with Gasteiger partial charge < -0.3 is 9.84 Å². The predicted octanol–water partition coefficient (Wildman–Crippen LogP) is 1.04. The molecular formula is C9H13NO5. The maximum absolute atomic E-state index is 10.9. The van der Waals surface area contributed by atoms with Crippen molar-refractivity contribution in [1.82, 2.24) is 0 Å². The summed E-state index contributed by atoms with van der Waals surface area (Å²) >= 11 is 0. The van der Waals surface area contributed by atoms with Crippen molar-refractivity contribution in [1.29, 1.82) is 0 Å². The van der Waals surface area contributed by atoms with Gasteiger partial charge in [-0.3, -0.25) is 9.59 Å². The summed E-state index contributed by atoms with van der Waals surface area (Å²) in [6.45, 7) is 4.96. The number of ether oxygens (including phenoxy) is 1. The molecule has 0 radical (unpaired) electrons. The molecule has 1 amide bonds. The third kappa shape index (κ3) is 8.61. The molecule has 0 unspecified atom stereocenters. The molecule has 6 heteroatoms. The van der Waals surface area contributed by atoms with E-state index in [1.807, 2.05) is 0 Å². The predicted molar refractivity (Wildman–Crippen MR) is 52.0 cm³/mol. The zero-order valence-electron chi connectivity index (χ0n) is 8.81.